The Balaban J connectivity index is 1.68. The highest BCUT2D eigenvalue weighted by atomic mass is 16.5. The van der Waals surface area contributed by atoms with Gasteiger partial charge in [0.15, 0.2) is 0 Å². The topological polar surface area (TPSA) is 54.1 Å². The normalized spacial score (nSPS) is 16.6. The number of carbonyl (C=O) groups is 1. The van der Waals surface area contributed by atoms with E-state index in [-0.39, 0.29) is 5.91 Å². The Bertz CT molecular complexity index is 570. The summed E-state index contributed by atoms with van der Waals surface area (Å²) in [7, 11) is 0. The van der Waals surface area contributed by atoms with Gasteiger partial charge in [-0.2, -0.15) is 0 Å². The van der Waals surface area contributed by atoms with Gasteiger partial charge in [-0.1, -0.05) is 12.1 Å². The van der Waals surface area contributed by atoms with Gasteiger partial charge in [-0.3, -0.25) is 4.79 Å². The van der Waals surface area contributed by atoms with Crippen molar-refractivity contribution in [2.45, 2.75) is 12.8 Å². The average molecular weight is 258 g/mol. The van der Waals surface area contributed by atoms with Crippen LogP contribution in [0.5, 0.6) is 0 Å². The number of amides is 1. The van der Waals surface area contributed by atoms with Gasteiger partial charge >= 0.3 is 0 Å². The van der Waals surface area contributed by atoms with Crippen LogP contribution in [0, 0.1) is 5.92 Å². The minimum absolute atomic E-state index is 0.000424. The summed E-state index contributed by atoms with van der Waals surface area (Å²) in [5.74, 6) is 0.542. The van der Waals surface area contributed by atoms with Crippen molar-refractivity contribution in [2.75, 3.05) is 19.8 Å². The van der Waals surface area contributed by atoms with E-state index in [9.17, 15) is 4.79 Å². The SMILES string of the molecule is O=C(NCC1CCOCC1)c1cccc2cc[nH]c12. The first-order valence-corrected chi connectivity index (χ1v) is 6.76. The van der Waals surface area contributed by atoms with E-state index in [0.717, 1.165) is 49.1 Å². The van der Waals surface area contributed by atoms with Crippen molar-refractivity contribution in [3.63, 3.8) is 0 Å². The molecular weight excluding hydrogens is 240 g/mol. The van der Waals surface area contributed by atoms with Crippen LogP contribution < -0.4 is 5.32 Å². The van der Waals surface area contributed by atoms with Crippen molar-refractivity contribution >= 4 is 16.8 Å². The Morgan fingerprint density at radius 2 is 2.16 bits per heavy atom. The summed E-state index contributed by atoms with van der Waals surface area (Å²) >= 11 is 0. The average Bonchev–Trinajstić information content (AvgIpc) is 2.94. The Hall–Kier alpha value is -1.81. The summed E-state index contributed by atoms with van der Waals surface area (Å²) in [4.78, 5) is 15.4. The van der Waals surface area contributed by atoms with Gasteiger partial charge in [0.25, 0.3) is 5.91 Å². The predicted molar refractivity (Wildman–Crippen MR) is 74.2 cm³/mol. The molecule has 100 valence electrons. The Morgan fingerprint density at radius 3 is 3.00 bits per heavy atom. The summed E-state index contributed by atoms with van der Waals surface area (Å²) in [5, 5.41) is 4.10. The number of aromatic nitrogens is 1. The predicted octanol–water partition coefficient (Wildman–Crippen LogP) is 2.32. The van der Waals surface area contributed by atoms with Gasteiger partial charge in [-0.25, -0.2) is 0 Å². The third-order valence-corrected chi connectivity index (χ3v) is 3.72. The molecule has 2 heterocycles. The molecule has 4 nitrogen and oxygen atoms in total. The van der Waals surface area contributed by atoms with Crippen molar-refractivity contribution in [3.8, 4) is 0 Å². The zero-order valence-electron chi connectivity index (χ0n) is 10.8. The number of para-hydroxylation sites is 1. The molecule has 1 aliphatic heterocycles. The molecule has 1 fully saturated rings. The molecule has 1 aromatic carbocycles. The van der Waals surface area contributed by atoms with Crippen LogP contribution in [-0.4, -0.2) is 30.6 Å². The van der Waals surface area contributed by atoms with Crippen LogP contribution in [0.3, 0.4) is 0 Å². The lowest BCUT2D eigenvalue weighted by Gasteiger charge is -2.22. The van der Waals surface area contributed by atoms with Crippen LogP contribution in [0.25, 0.3) is 10.9 Å². The molecule has 0 aliphatic carbocycles. The maximum Gasteiger partial charge on any atom is 0.253 e. The first-order valence-electron chi connectivity index (χ1n) is 6.76. The highest BCUT2D eigenvalue weighted by molar-refractivity contribution is 6.05. The molecule has 1 amide bonds. The fourth-order valence-corrected chi connectivity index (χ4v) is 2.56. The molecule has 0 unspecified atom stereocenters. The molecule has 1 aliphatic rings. The number of aromatic amines is 1. The molecule has 0 bridgehead atoms. The number of H-pyrrole nitrogens is 1. The first kappa shape index (κ1) is 12.2. The summed E-state index contributed by atoms with van der Waals surface area (Å²) in [6, 6.07) is 7.75. The van der Waals surface area contributed by atoms with Crippen LogP contribution in [-0.2, 0) is 4.74 Å². The molecule has 2 N–H and O–H groups in total. The number of rotatable bonds is 3. The van der Waals surface area contributed by atoms with Crippen LogP contribution in [0.15, 0.2) is 30.5 Å². The molecule has 2 aromatic rings. The maximum absolute atomic E-state index is 12.2. The lowest BCUT2D eigenvalue weighted by atomic mass is 10.0. The van der Waals surface area contributed by atoms with Crippen molar-refractivity contribution in [2.24, 2.45) is 5.92 Å². The van der Waals surface area contributed by atoms with E-state index in [2.05, 4.69) is 10.3 Å². The minimum Gasteiger partial charge on any atom is -0.381 e. The standard InChI is InChI=1S/C15H18N2O2/c18-15(17-10-11-5-8-19-9-6-11)13-3-1-2-12-4-7-16-14(12)13/h1-4,7,11,16H,5-6,8-10H2,(H,17,18). The van der Waals surface area contributed by atoms with E-state index in [1.165, 1.54) is 0 Å². The maximum atomic E-state index is 12.2. The summed E-state index contributed by atoms with van der Waals surface area (Å²) < 4.78 is 5.32. The van der Waals surface area contributed by atoms with Crippen LogP contribution in [0.4, 0.5) is 0 Å². The first-order chi connectivity index (χ1) is 9.34. The van der Waals surface area contributed by atoms with Gasteiger partial charge in [0.2, 0.25) is 0 Å². The highest BCUT2D eigenvalue weighted by Gasteiger charge is 2.16. The Morgan fingerprint density at radius 1 is 1.32 bits per heavy atom. The molecule has 0 atom stereocenters. The molecular formula is C15H18N2O2. The van der Waals surface area contributed by atoms with E-state index < -0.39 is 0 Å². The minimum atomic E-state index is -0.000424. The second-order valence-electron chi connectivity index (χ2n) is 5.01. The number of fused-ring (bicyclic) bond motifs is 1. The molecule has 3 rings (SSSR count). The smallest absolute Gasteiger partial charge is 0.253 e. The molecule has 1 saturated heterocycles. The van der Waals surface area contributed by atoms with Gasteiger partial charge in [-0.15, -0.1) is 0 Å². The fraction of sp³-hybridized carbons (Fsp3) is 0.400. The molecule has 19 heavy (non-hydrogen) atoms. The molecule has 0 radical (unpaired) electrons. The van der Waals surface area contributed by atoms with E-state index in [1.807, 2.05) is 30.5 Å². The van der Waals surface area contributed by atoms with Crippen LogP contribution >= 0.6 is 0 Å². The largest absolute Gasteiger partial charge is 0.381 e. The number of nitrogens with one attached hydrogen (secondary N) is 2. The highest BCUT2D eigenvalue weighted by Crippen LogP contribution is 2.17. The van der Waals surface area contributed by atoms with Crippen molar-refractivity contribution in [3.05, 3.63) is 36.0 Å². The number of carbonyl (C=O) groups excluding carboxylic acids is 1. The number of ether oxygens (including phenoxy) is 1. The number of benzene rings is 1. The van der Waals surface area contributed by atoms with Gasteiger partial charge < -0.3 is 15.0 Å². The third-order valence-electron chi connectivity index (χ3n) is 3.72. The third kappa shape index (κ3) is 2.63. The quantitative estimate of drug-likeness (QED) is 0.887. The van der Waals surface area contributed by atoms with E-state index in [0.29, 0.717) is 5.92 Å². The lowest BCUT2D eigenvalue weighted by molar-refractivity contribution is 0.0643. The molecule has 0 spiro atoms. The summed E-state index contributed by atoms with van der Waals surface area (Å²) in [5.41, 5.74) is 1.63. The van der Waals surface area contributed by atoms with Crippen LogP contribution in [0.2, 0.25) is 0 Å². The zero-order chi connectivity index (χ0) is 13.1. The van der Waals surface area contributed by atoms with E-state index >= 15 is 0 Å². The summed E-state index contributed by atoms with van der Waals surface area (Å²) in [6.45, 7) is 2.36. The Kier molecular flexibility index (Phi) is 3.51. The number of hydrogen-bond acceptors (Lipinski definition) is 2. The Labute approximate surface area is 112 Å². The fourth-order valence-electron chi connectivity index (χ4n) is 2.56. The van der Waals surface area contributed by atoms with Gasteiger partial charge in [0, 0.05) is 31.3 Å². The number of hydrogen-bond donors (Lipinski definition) is 2. The molecule has 0 saturated carbocycles. The second-order valence-corrected chi connectivity index (χ2v) is 5.01. The van der Waals surface area contributed by atoms with Gasteiger partial charge in [-0.05, 0) is 30.9 Å². The molecule has 4 heteroatoms. The van der Waals surface area contributed by atoms with Crippen molar-refractivity contribution < 1.29 is 9.53 Å². The van der Waals surface area contributed by atoms with E-state index in [1.54, 1.807) is 0 Å². The lowest BCUT2D eigenvalue weighted by Crippen LogP contribution is -2.32. The van der Waals surface area contributed by atoms with Crippen LogP contribution in [0.1, 0.15) is 23.2 Å². The summed E-state index contributed by atoms with van der Waals surface area (Å²) in [6.07, 6.45) is 3.93. The molecule has 1 aromatic heterocycles. The zero-order valence-corrected chi connectivity index (χ0v) is 10.8. The van der Waals surface area contributed by atoms with Gasteiger partial charge in [0.1, 0.15) is 0 Å². The van der Waals surface area contributed by atoms with Gasteiger partial charge in [0.05, 0.1) is 11.1 Å². The van der Waals surface area contributed by atoms with Crippen molar-refractivity contribution in [1.29, 1.82) is 0 Å². The second kappa shape index (κ2) is 5.45. The van der Waals surface area contributed by atoms with E-state index in [4.69, 9.17) is 4.74 Å². The monoisotopic (exact) mass is 258 g/mol. The van der Waals surface area contributed by atoms with Crippen molar-refractivity contribution in [1.82, 2.24) is 10.3 Å².